The van der Waals surface area contributed by atoms with Gasteiger partial charge in [0.25, 0.3) is 0 Å². The van der Waals surface area contributed by atoms with Crippen LogP contribution in [0.2, 0.25) is 0 Å². The Morgan fingerprint density at radius 1 is 0.963 bits per heavy atom. The lowest BCUT2D eigenvalue weighted by molar-refractivity contribution is 0.979. The van der Waals surface area contributed by atoms with Gasteiger partial charge in [-0.1, -0.05) is 42.8 Å². The number of aromatic nitrogens is 2. The minimum atomic E-state index is 0.959. The number of pyridine rings is 1. The largest absolute Gasteiger partial charge is 0.384 e. The molecule has 0 radical (unpaired) electrons. The number of aryl methyl sites for hydroxylation is 4. The summed E-state index contributed by atoms with van der Waals surface area (Å²) in [6.07, 6.45) is 1.09. The maximum atomic E-state index is 4.99. The smallest absolute Gasteiger partial charge is 0.147 e. The van der Waals surface area contributed by atoms with Gasteiger partial charge in [0.2, 0.25) is 0 Å². The molecule has 2 heterocycles. The first-order valence-electron chi connectivity index (χ1n) is 9.74. The van der Waals surface area contributed by atoms with Gasteiger partial charge in [0.1, 0.15) is 5.65 Å². The molecule has 0 bridgehead atoms. The molecule has 0 unspecified atom stereocenters. The van der Waals surface area contributed by atoms with E-state index in [4.69, 9.17) is 4.98 Å². The third kappa shape index (κ3) is 2.87. The van der Waals surface area contributed by atoms with Crippen LogP contribution in [0.4, 0.5) is 5.69 Å². The number of para-hydroxylation sites is 1. The minimum Gasteiger partial charge on any atom is -0.384 e. The van der Waals surface area contributed by atoms with Crippen molar-refractivity contribution in [2.75, 3.05) is 11.9 Å². The Bertz CT molecular complexity index is 1130. The van der Waals surface area contributed by atoms with Crippen molar-refractivity contribution in [3.63, 3.8) is 0 Å². The summed E-state index contributed by atoms with van der Waals surface area (Å²) in [5, 5.41) is 6.08. The van der Waals surface area contributed by atoms with Crippen molar-refractivity contribution in [1.29, 1.82) is 0 Å². The Labute approximate surface area is 161 Å². The Kier molecular flexibility index (Phi) is 4.39. The zero-order valence-corrected chi connectivity index (χ0v) is 16.9. The lowest BCUT2D eigenvalue weighted by atomic mass is 10.0. The van der Waals surface area contributed by atoms with Crippen molar-refractivity contribution in [2.45, 2.75) is 41.0 Å². The molecular formula is C24H27N3. The molecule has 0 aliphatic heterocycles. The van der Waals surface area contributed by atoms with E-state index in [1.807, 2.05) is 0 Å². The van der Waals surface area contributed by atoms with Crippen molar-refractivity contribution in [3.05, 3.63) is 64.8 Å². The highest BCUT2D eigenvalue weighted by molar-refractivity contribution is 6.13. The van der Waals surface area contributed by atoms with E-state index in [9.17, 15) is 0 Å². The van der Waals surface area contributed by atoms with Gasteiger partial charge in [0, 0.05) is 23.3 Å². The summed E-state index contributed by atoms with van der Waals surface area (Å²) < 4.78 is 2.35. The number of nitrogens with zero attached hydrogens (tertiary/aromatic N) is 2. The zero-order chi connectivity index (χ0) is 19.1. The fourth-order valence-electron chi connectivity index (χ4n) is 4.23. The van der Waals surface area contributed by atoms with Crippen LogP contribution in [0, 0.1) is 27.7 Å². The van der Waals surface area contributed by atoms with Crippen LogP contribution < -0.4 is 5.32 Å². The van der Waals surface area contributed by atoms with Crippen molar-refractivity contribution < 1.29 is 0 Å². The summed E-state index contributed by atoms with van der Waals surface area (Å²) in [5.41, 5.74) is 9.55. The molecule has 3 heteroatoms. The molecule has 4 rings (SSSR count). The van der Waals surface area contributed by atoms with Crippen LogP contribution in [0.5, 0.6) is 0 Å². The van der Waals surface area contributed by atoms with Gasteiger partial charge in [-0.25, -0.2) is 4.98 Å². The molecule has 0 spiro atoms. The molecule has 1 N–H and O–H groups in total. The average molecular weight is 358 g/mol. The van der Waals surface area contributed by atoms with Crippen molar-refractivity contribution in [2.24, 2.45) is 0 Å². The molecular weight excluding hydrogens is 330 g/mol. The first-order valence-corrected chi connectivity index (χ1v) is 9.74. The molecule has 2 aromatic heterocycles. The molecule has 0 aliphatic rings. The second-order valence-electron chi connectivity index (χ2n) is 7.54. The molecule has 0 amide bonds. The number of anilines is 1. The summed E-state index contributed by atoms with van der Waals surface area (Å²) in [5.74, 6) is 0. The van der Waals surface area contributed by atoms with Crippen LogP contribution in [0.15, 0.2) is 42.5 Å². The highest BCUT2D eigenvalue weighted by Crippen LogP contribution is 2.37. The second-order valence-corrected chi connectivity index (χ2v) is 7.54. The molecule has 2 aromatic carbocycles. The summed E-state index contributed by atoms with van der Waals surface area (Å²) in [4.78, 5) is 4.99. The summed E-state index contributed by atoms with van der Waals surface area (Å²) in [6.45, 7) is 11.8. The van der Waals surface area contributed by atoms with Gasteiger partial charge < -0.3 is 5.32 Å². The number of hydrogen-bond donors (Lipinski definition) is 1. The van der Waals surface area contributed by atoms with Crippen LogP contribution in [-0.2, 0) is 0 Å². The summed E-state index contributed by atoms with van der Waals surface area (Å²) in [6, 6.07) is 15.3. The normalized spacial score (nSPS) is 11.4. The van der Waals surface area contributed by atoms with E-state index in [2.05, 4.69) is 87.0 Å². The van der Waals surface area contributed by atoms with Gasteiger partial charge in [-0.05, 0) is 57.4 Å². The maximum Gasteiger partial charge on any atom is 0.147 e. The van der Waals surface area contributed by atoms with E-state index >= 15 is 0 Å². The second kappa shape index (κ2) is 6.73. The van der Waals surface area contributed by atoms with Gasteiger partial charge in [-0.3, -0.25) is 4.57 Å². The van der Waals surface area contributed by atoms with Crippen LogP contribution in [-0.4, -0.2) is 16.1 Å². The average Bonchev–Trinajstić information content (AvgIpc) is 2.93. The van der Waals surface area contributed by atoms with E-state index in [1.165, 1.54) is 44.4 Å². The highest BCUT2D eigenvalue weighted by atomic mass is 15.1. The van der Waals surface area contributed by atoms with E-state index in [-0.39, 0.29) is 0 Å². The van der Waals surface area contributed by atoms with Crippen LogP contribution in [0.25, 0.3) is 27.6 Å². The number of nitrogens with one attached hydrogen (secondary N) is 1. The molecule has 0 atom stereocenters. The maximum absolute atomic E-state index is 4.99. The third-order valence-corrected chi connectivity index (χ3v) is 5.18. The van der Waals surface area contributed by atoms with Crippen LogP contribution in [0.1, 0.15) is 35.7 Å². The number of rotatable bonds is 4. The number of fused-ring (bicyclic) bond motifs is 3. The monoisotopic (exact) mass is 357 g/mol. The summed E-state index contributed by atoms with van der Waals surface area (Å²) in [7, 11) is 0. The highest BCUT2D eigenvalue weighted by Gasteiger charge is 2.19. The lowest BCUT2D eigenvalue weighted by Gasteiger charge is -2.15. The zero-order valence-electron chi connectivity index (χ0n) is 16.9. The Morgan fingerprint density at radius 3 is 2.37 bits per heavy atom. The number of hydrogen-bond acceptors (Lipinski definition) is 2. The van der Waals surface area contributed by atoms with Crippen molar-refractivity contribution in [1.82, 2.24) is 9.55 Å². The van der Waals surface area contributed by atoms with E-state index in [1.54, 1.807) is 0 Å². The minimum absolute atomic E-state index is 0.959. The Balaban J connectivity index is 2.16. The summed E-state index contributed by atoms with van der Waals surface area (Å²) >= 11 is 0. The first kappa shape index (κ1) is 17.6. The van der Waals surface area contributed by atoms with Crippen molar-refractivity contribution in [3.8, 4) is 5.69 Å². The third-order valence-electron chi connectivity index (χ3n) is 5.18. The first-order chi connectivity index (χ1) is 13.0. The molecule has 3 nitrogen and oxygen atoms in total. The molecule has 0 saturated heterocycles. The molecule has 0 fully saturated rings. The molecule has 0 aliphatic carbocycles. The van der Waals surface area contributed by atoms with Gasteiger partial charge in [0.15, 0.2) is 0 Å². The number of benzene rings is 2. The van der Waals surface area contributed by atoms with Crippen molar-refractivity contribution >= 4 is 27.6 Å². The van der Waals surface area contributed by atoms with E-state index in [0.29, 0.717) is 0 Å². The van der Waals surface area contributed by atoms with E-state index in [0.717, 1.165) is 24.3 Å². The fraction of sp³-hybridized carbons (Fsp3) is 0.292. The van der Waals surface area contributed by atoms with E-state index < -0.39 is 0 Å². The van der Waals surface area contributed by atoms with Gasteiger partial charge in [0.05, 0.1) is 16.6 Å². The Hall–Kier alpha value is -2.81. The predicted molar refractivity (Wildman–Crippen MR) is 116 cm³/mol. The topological polar surface area (TPSA) is 29.9 Å². The van der Waals surface area contributed by atoms with Gasteiger partial charge in [-0.2, -0.15) is 0 Å². The molecule has 4 aromatic rings. The lowest BCUT2D eigenvalue weighted by Crippen LogP contribution is -2.04. The van der Waals surface area contributed by atoms with Crippen LogP contribution >= 0.6 is 0 Å². The molecule has 0 saturated carbocycles. The molecule has 138 valence electrons. The van der Waals surface area contributed by atoms with Gasteiger partial charge >= 0.3 is 0 Å². The molecule has 27 heavy (non-hydrogen) atoms. The Morgan fingerprint density at radius 2 is 1.67 bits per heavy atom. The standard InChI is InChI=1S/C24H27N3/c1-6-11-25-20-14-18(5)26-24-22(20)19-9-7-8-10-21(19)27(24)23-16(3)12-15(2)13-17(23)4/h7-10,12-14H,6,11H2,1-5H3,(H,25,26). The SMILES string of the molecule is CCCNc1cc(C)nc2c1c1ccccc1n2-c1c(C)cc(C)cc1C. The quantitative estimate of drug-likeness (QED) is 0.469. The predicted octanol–water partition coefficient (Wildman–Crippen LogP) is 6.23. The van der Waals surface area contributed by atoms with Gasteiger partial charge in [-0.15, -0.1) is 0 Å². The van der Waals surface area contributed by atoms with Crippen LogP contribution in [0.3, 0.4) is 0 Å². The fourth-order valence-corrected chi connectivity index (χ4v) is 4.23.